The number of rotatable bonds is 11. The molecule has 1 unspecified atom stereocenters. The minimum atomic E-state index is -2.58. The third kappa shape index (κ3) is 5.60. The highest BCUT2D eigenvalue weighted by atomic mass is 28.4. The lowest BCUT2D eigenvalue weighted by Gasteiger charge is -2.33. The minimum absolute atomic E-state index is 0.594. The summed E-state index contributed by atoms with van der Waals surface area (Å²) in [5.41, 5.74) is 2.40. The first-order valence-electron chi connectivity index (χ1n) is 11.0. The maximum atomic E-state index is 6.38. The van der Waals surface area contributed by atoms with Gasteiger partial charge in [-0.2, -0.15) is 0 Å². The quantitative estimate of drug-likeness (QED) is 0.474. The van der Waals surface area contributed by atoms with Crippen LogP contribution in [0.4, 0.5) is 0 Å². The van der Waals surface area contributed by atoms with Gasteiger partial charge in [0.2, 0.25) is 0 Å². The fraction of sp³-hybridized carbons (Fsp3) is 0.478. The van der Waals surface area contributed by atoms with Crippen LogP contribution in [0.25, 0.3) is 0 Å². The molecule has 1 aliphatic rings. The summed E-state index contributed by atoms with van der Waals surface area (Å²) in [7, 11) is -4.98. The number of benzene rings is 2. The van der Waals surface area contributed by atoms with Crippen molar-refractivity contribution in [2.45, 2.75) is 52.8 Å². The third-order valence-electron chi connectivity index (χ3n) is 5.27. The average Bonchev–Trinajstić information content (AvgIpc) is 2.75. The predicted octanol–water partition coefficient (Wildman–Crippen LogP) is 4.56. The van der Waals surface area contributed by atoms with Gasteiger partial charge in [-0.25, -0.2) is 0 Å². The van der Waals surface area contributed by atoms with Gasteiger partial charge in [0.1, 0.15) is 5.75 Å². The van der Waals surface area contributed by atoms with Crippen molar-refractivity contribution < 1.29 is 22.1 Å². The molecule has 0 fully saturated rings. The fourth-order valence-electron chi connectivity index (χ4n) is 3.85. The van der Waals surface area contributed by atoms with Crippen LogP contribution in [0.1, 0.15) is 38.3 Å². The maximum Gasteiger partial charge on any atom is 0.500 e. The molecule has 0 saturated heterocycles. The number of hydrogen-bond acceptors (Lipinski definition) is 5. The maximum absolute atomic E-state index is 6.38. The Labute approximate surface area is 182 Å². The average molecular weight is 447 g/mol. The Balaban J connectivity index is 1.63. The van der Waals surface area contributed by atoms with Crippen molar-refractivity contribution in [1.82, 2.24) is 0 Å². The Morgan fingerprint density at radius 2 is 1.60 bits per heavy atom. The lowest BCUT2D eigenvalue weighted by atomic mass is 10.1. The molecule has 0 spiro atoms. The molecule has 0 radical (unpaired) electrons. The van der Waals surface area contributed by atoms with Crippen LogP contribution in [0.15, 0.2) is 48.5 Å². The second kappa shape index (κ2) is 10.7. The van der Waals surface area contributed by atoms with E-state index in [1.165, 1.54) is 5.56 Å². The molecule has 0 bridgehead atoms. The van der Waals surface area contributed by atoms with E-state index in [4.69, 9.17) is 22.1 Å². The van der Waals surface area contributed by atoms with Gasteiger partial charge in [-0.15, -0.1) is 0 Å². The normalized spacial score (nSPS) is 18.7. The first-order chi connectivity index (χ1) is 14.5. The highest BCUT2D eigenvalue weighted by Gasteiger charge is 2.41. The van der Waals surface area contributed by atoms with Crippen molar-refractivity contribution in [1.29, 1.82) is 0 Å². The summed E-state index contributed by atoms with van der Waals surface area (Å²) < 4.78 is 30.5. The van der Waals surface area contributed by atoms with Crippen molar-refractivity contribution in [3.63, 3.8) is 0 Å². The highest BCUT2D eigenvalue weighted by molar-refractivity contribution is 6.80. The third-order valence-corrected chi connectivity index (χ3v) is 11.1. The summed E-state index contributed by atoms with van der Waals surface area (Å²) in [6.45, 7) is 10.5. The van der Waals surface area contributed by atoms with Crippen LogP contribution in [-0.4, -0.2) is 37.2 Å². The largest absolute Gasteiger partial charge is 0.517 e. The zero-order valence-electron chi connectivity index (χ0n) is 18.6. The van der Waals surface area contributed by atoms with Gasteiger partial charge >= 0.3 is 17.4 Å². The van der Waals surface area contributed by atoms with E-state index < -0.39 is 17.4 Å². The van der Waals surface area contributed by atoms with Crippen LogP contribution in [-0.2, 0) is 30.7 Å². The second-order valence-corrected chi connectivity index (χ2v) is 13.2. The molecule has 0 aliphatic carbocycles. The molecule has 3 rings (SSSR count). The molecule has 30 heavy (non-hydrogen) atoms. The van der Waals surface area contributed by atoms with E-state index >= 15 is 0 Å². The molecule has 0 saturated carbocycles. The minimum Gasteiger partial charge on any atom is -0.517 e. The van der Waals surface area contributed by atoms with Crippen LogP contribution in [0.2, 0.25) is 12.6 Å². The lowest BCUT2D eigenvalue weighted by molar-refractivity contribution is 0.0708. The van der Waals surface area contributed by atoms with Gasteiger partial charge in [-0.1, -0.05) is 36.4 Å². The van der Waals surface area contributed by atoms with Crippen molar-refractivity contribution >= 4 is 22.6 Å². The van der Waals surface area contributed by atoms with Crippen LogP contribution >= 0.6 is 0 Å². The van der Waals surface area contributed by atoms with Crippen LogP contribution in [0, 0.1) is 0 Å². The topological polar surface area (TPSA) is 46.2 Å². The molecule has 1 heterocycles. The molecular weight excluding hydrogens is 412 g/mol. The van der Waals surface area contributed by atoms with Crippen molar-refractivity contribution in [3.05, 3.63) is 59.7 Å². The smallest absolute Gasteiger partial charge is 0.500 e. The molecule has 2 aromatic carbocycles. The van der Waals surface area contributed by atoms with E-state index in [-0.39, 0.29) is 0 Å². The molecule has 7 heteroatoms. The Morgan fingerprint density at radius 3 is 2.23 bits per heavy atom. The van der Waals surface area contributed by atoms with Crippen LogP contribution in [0.3, 0.4) is 0 Å². The SMILES string of the molecule is CCO[Si](CCCc1ccc2c(c1)CO[Si](C)(c1ccccc1)O2)(OCC)OCC. The highest BCUT2D eigenvalue weighted by Crippen LogP contribution is 2.31. The summed E-state index contributed by atoms with van der Waals surface area (Å²) in [4.78, 5) is 0. The van der Waals surface area contributed by atoms with Crippen molar-refractivity contribution in [3.8, 4) is 5.75 Å². The predicted molar refractivity (Wildman–Crippen MR) is 123 cm³/mol. The summed E-state index contributed by atoms with van der Waals surface area (Å²) in [5.74, 6) is 0.949. The van der Waals surface area contributed by atoms with Gasteiger partial charge in [0.05, 0.1) is 6.61 Å². The summed E-state index contributed by atoms with van der Waals surface area (Å²) in [6, 6.07) is 17.6. The van der Waals surface area contributed by atoms with Crippen molar-refractivity contribution in [2.75, 3.05) is 19.8 Å². The summed E-state index contributed by atoms with van der Waals surface area (Å²) >= 11 is 0. The number of fused-ring (bicyclic) bond motifs is 1. The first kappa shape index (κ1) is 23.2. The standard InChI is InChI=1S/C23H34O5Si2/c1-5-24-30(25-6-2,26-7-3)17-11-12-20-15-16-23-21(18-20)19-27-29(4,28-23)22-13-9-8-10-14-22/h8-10,13-16,18H,5-7,11-12,17,19H2,1-4H3. The second-order valence-electron chi connectivity index (χ2n) is 7.48. The molecule has 0 amide bonds. The Morgan fingerprint density at radius 1 is 0.933 bits per heavy atom. The molecule has 2 aromatic rings. The summed E-state index contributed by atoms with van der Waals surface area (Å²) in [5, 5.41) is 1.16. The monoisotopic (exact) mass is 446 g/mol. The van der Waals surface area contributed by atoms with Crippen LogP contribution < -0.4 is 9.61 Å². The zero-order valence-corrected chi connectivity index (χ0v) is 20.6. The lowest BCUT2D eigenvalue weighted by Crippen LogP contribution is -2.55. The van der Waals surface area contributed by atoms with E-state index in [0.29, 0.717) is 26.4 Å². The number of aryl methyl sites for hydroxylation is 1. The van der Waals surface area contributed by atoms with Gasteiger partial charge in [-0.3, -0.25) is 0 Å². The molecule has 0 aromatic heterocycles. The van der Waals surface area contributed by atoms with Crippen LogP contribution in [0.5, 0.6) is 5.75 Å². The van der Waals surface area contributed by atoms with Gasteiger partial charge < -0.3 is 22.1 Å². The molecule has 5 nitrogen and oxygen atoms in total. The molecule has 0 N–H and O–H groups in total. The zero-order chi connectivity index (χ0) is 21.5. The Hall–Kier alpha value is -1.49. The molecule has 1 aliphatic heterocycles. The van der Waals surface area contributed by atoms with E-state index in [9.17, 15) is 0 Å². The van der Waals surface area contributed by atoms with E-state index in [1.807, 2.05) is 39.0 Å². The molecular formula is C23H34O5Si2. The van der Waals surface area contributed by atoms with E-state index in [0.717, 1.165) is 35.4 Å². The molecule has 164 valence electrons. The van der Waals surface area contributed by atoms with Gasteiger partial charge in [0, 0.05) is 36.6 Å². The number of hydrogen-bond donors (Lipinski definition) is 0. The van der Waals surface area contributed by atoms with Crippen molar-refractivity contribution in [2.24, 2.45) is 0 Å². The summed E-state index contributed by atoms with van der Waals surface area (Å²) in [6.07, 6.45) is 1.91. The fourth-order valence-corrected chi connectivity index (χ4v) is 8.65. The van der Waals surface area contributed by atoms with E-state index in [1.54, 1.807) is 0 Å². The Bertz CT molecular complexity index is 784. The van der Waals surface area contributed by atoms with Gasteiger partial charge in [0.15, 0.2) is 0 Å². The molecule has 1 atom stereocenters. The first-order valence-corrected chi connectivity index (χ1v) is 15.2. The Kier molecular flexibility index (Phi) is 8.27. The van der Waals surface area contributed by atoms with E-state index in [2.05, 4.69) is 36.9 Å². The van der Waals surface area contributed by atoms with Gasteiger partial charge in [-0.05, 0) is 57.9 Å². The van der Waals surface area contributed by atoms with Gasteiger partial charge in [0.25, 0.3) is 0 Å².